The summed E-state index contributed by atoms with van der Waals surface area (Å²) in [6.45, 7) is 1.22. The number of aromatic nitrogens is 1. The maximum Gasteiger partial charge on any atom is 0.256 e. The van der Waals surface area contributed by atoms with Crippen molar-refractivity contribution in [3.05, 3.63) is 64.4 Å². The molecule has 1 amide bonds. The Bertz CT molecular complexity index is 612. The van der Waals surface area contributed by atoms with Crippen LogP contribution in [0.5, 0.6) is 0 Å². The van der Waals surface area contributed by atoms with Crippen LogP contribution < -0.4 is 0 Å². The molecule has 18 heavy (non-hydrogen) atoms. The van der Waals surface area contributed by atoms with Gasteiger partial charge in [0.25, 0.3) is 5.91 Å². The quantitative estimate of drug-likeness (QED) is 0.830. The third-order valence-electron chi connectivity index (χ3n) is 3.05. The monoisotopic (exact) mass is 258 g/mol. The lowest BCUT2D eigenvalue weighted by Crippen LogP contribution is -2.23. The summed E-state index contributed by atoms with van der Waals surface area (Å²) in [4.78, 5) is 17.9. The van der Waals surface area contributed by atoms with Crippen LogP contribution in [0.4, 0.5) is 0 Å². The second-order valence-electron chi connectivity index (χ2n) is 4.32. The molecular weight excluding hydrogens is 248 g/mol. The van der Waals surface area contributed by atoms with Crippen LogP contribution in [0.2, 0.25) is 5.02 Å². The van der Waals surface area contributed by atoms with Gasteiger partial charge in [-0.05, 0) is 29.3 Å². The van der Waals surface area contributed by atoms with Crippen LogP contribution in [0.25, 0.3) is 0 Å². The van der Waals surface area contributed by atoms with Gasteiger partial charge in [0.1, 0.15) is 0 Å². The SMILES string of the molecule is O=C1c2cnccc2CN1Cc1cccc(Cl)c1. The number of carbonyl (C=O) groups excluding carboxylic acids is 1. The van der Waals surface area contributed by atoms with Crippen LogP contribution in [-0.2, 0) is 13.1 Å². The molecule has 0 aliphatic carbocycles. The fourth-order valence-electron chi connectivity index (χ4n) is 2.18. The molecule has 2 heterocycles. The summed E-state index contributed by atoms with van der Waals surface area (Å²) >= 11 is 5.94. The summed E-state index contributed by atoms with van der Waals surface area (Å²) in [7, 11) is 0. The Balaban J connectivity index is 1.83. The van der Waals surface area contributed by atoms with E-state index >= 15 is 0 Å². The van der Waals surface area contributed by atoms with Crippen molar-refractivity contribution in [3.63, 3.8) is 0 Å². The highest BCUT2D eigenvalue weighted by Gasteiger charge is 2.27. The molecular formula is C14H11ClN2O. The molecule has 1 aliphatic rings. The lowest BCUT2D eigenvalue weighted by molar-refractivity contribution is 0.0766. The van der Waals surface area contributed by atoms with E-state index in [1.807, 2.05) is 30.3 Å². The first-order valence-electron chi connectivity index (χ1n) is 5.70. The Hall–Kier alpha value is -1.87. The molecule has 1 aromatic heterocycles. The third kappa shape index (κ3) is 1.97. The number of fused-ring (bicyclic) bond motifs is 1. The van der Waals surface area contributed by atoms with Crippen molar-refractivity contribution < 1.29 is 4.79 Å². The Morgan fingerprint density at radius 2 is 2.22 bits per heavy atom. The molecule has 0 unspecified atom stereocenters. The van der Waals surface area contributed by atoms with Gasteiger partial charge in [-0.1, -0.05) is 23.7 Å². The summed E-state index contributed by atoms with van der Waals surface area (Å²) in [6.07, 6.45) is 3.35. The van der Waals surface area contributed by atoms with Gasteiger partial charge < -0.3 is 4.90 Å². The van der Waals surface area contributed by atoms with Crippen molar-refractivity contribution in [1.82, 2.24) is 9.88 Å². The van der Waals surface area contributed by atoms with E-state index in [4.69, 9.17) is 11.6 Å². The van der Waals surface area contributed by atoms with Gasteiger partial charge >= 0.3 is 0 Å². The van der Waals surface area contributed by atoms with Crippen LogP contribution >= 0.6 is 11.6 Å². The molecule has 1 aliphatic heterocycles. The normalized spacial score (nSPS) is 13.8. The van der Waals surface area contributed by atoms with E-state index in [2.05, 4.69) is 4.98 Å². The molecule has 0 radical (unpaired) electrons. The number of benzene rings is 1. The second-order valence-corrected chi connectivity index (χ2v) is 4.76. The van der Waals surface area contributed by atoms with Gasteiger partial charge in [-0.25, -0.2) is 0 Å². The number of hydrogen-bond acceptors (Lipinski definition) is 2. The van der Waals surface area contributed by atoms with Crippen molar-refractivity contribution >= 4 is 17.5 Å². The lowest BCUT2D eigenvalue weighted by Gasteiger charge is -2.15. The number of nitrogens with zero attached hydrogens (tertiary/aromatic N) is 2. The highest BCUT2D eigenvalue weighted by Crippen LogP contribution is 2.23. The third-order valence-corrected chi connectivity index (χ3v) is 3.29. The second kappa shape index (κ2) is 4.42. The lowest BCUT2D eigenvalue weighted by atomic mass is 10.2. The molecule has 0 atom stereocenters. The minimum atomic E-state index is 0.0399. The molecule has 0 bridgehead atoms. The highest BCUT2D eigenvalue weighted by molar-refractivity contribution is 6.30. The van der Waals surface area contributed by atoms with E-state index in [1.54, 1.807) is 17.3 Å². The van der Waals surface area contributed by atoms with Gasteiger partial charge in [0, 0.05) is 30.5 Å². The molecule has 4 heteroatoms. The molecule has 90 valence electrons. The van der Waals surface area contributed by atoms with Gasteiger partial charge in [-0.15, -0.1) is 0 Å². The van der Waals surface area contributed by atoms with E-state index in [0.717, 1.165) is 11.1 Å². The first-order valence-corrected chi connectivity index (χ1v) is 6.08. The maximum absolute atomic E-state index is 12.1. The predicted molar refractivity (Wildman–Crippen MR) is 69.3 cm³/mol. The van der Waals surface area contributed by atoms with Gasteiger partial charge in [-0.3, -0.25) is 9.78 Å². The highest BCUT2D eigenvalue weighted by atomic mass is 35.5. The molecule has 0 spiro atoms. The molecule has 0 saturated heterocycles. The summed E-state index contributed by atoms with van der Waals surface area (Å²) in [5.41, 5.74) is 2.79. The number of pyridine rings is 1. The zero-order chi connectivity index (χ0) is 12.5. The van der Waals surface area contributed by atoms with Crippen molar-refractivity contribution in [2.24, 2.45) is 0 Å². The van der Waals surface area contributed by atoms with E-state index in [1.165, 1.54) is 0 Å². The average molecular weight is 259 g/mol. The molecule has 2 aromatic rings. The first kappa shape index (κ1) is 11.2. The summed E-state index contributed by atoms with van der Waals surface area (Å²) in [5.74, 6) is 0.0399. The zero-order valence-electron chi connectivity index (χ0n) is 9.64. The van der Waals surface area contributed by atoms with E-state index in [0.29, 0.717) is 23.7 Å². The van der Waals surface area contributed by atoms with Crippen LogP contribution in [0.3, 0.4) is 0 Å². The predicted octanol–water partition coefficient (Wildman–Crippen LogP) is 2.89. The van der Waals surface area contributed by atoms with E-state index in [-0.39, 0.29) is 5.91 Å². The Morgan fingerprint density at radius 1 is 1.33 bits per heavy atom. The van der Waals surface area contributed by atoms with Gasteiger partial charge in [0.05, 0.1) is 5.56 Å². The molecule has 0 saturated carbocycles. The summed E-state index contributed by atoms with van der Waals surface area (Å²) < 4.78 is 0. The largest absolute Gasteiger partial charge is 0.330 e. The fraction of sp³-hybridized carbons (Fsp3) is 0.143. The van der Waals surface area contributed by atoms with Gasteiger partial charge in [0.15, 0.2) is 0 Å². The zero-order valence-corrected chi connectivity index (χ0v) is 10.4. The number of halogens is 1. The number of hydrogen-bond donors (Lipinski definition) is 0. The van der Waals surface area contributed by atoms with Crippen molar-refractivity contribution in [2.45, 2.75) is 13.1 Å². The van der Waals surface area contributed by atoms with Crippen LogP contribution in [0.15, 0.2) is 42.7 Å². The minimum absolute atomic E-state index is 0.0399. The van der Waals surface area contributed by atoms with Gasteiger partial charge in [-0.2, -0.15) is 0 Å². The Labute approximate surface area is 110 Å². The Morgan fingerprint density at radius 3 is 3.00 bits per heavy atom. The fourth-order valence-corrected chi connectivity index (χ4v) is 2.40. The van der Waals surface area contributed by atoms with Crippen molar-refractivity contribution in [1.29, 1.82) is 0 Å². The maximum atomic E-state index is 12.1. The minimum Gasteiger partial charge on any atom is -0.330 e. The van der Waals surface area contributed by atoms with E-state index < -0.39 is 0 Å². The van der Waals surface area contributed by atoms with Gasteiger partial charge in [0.2, 0.25) is 0 Å². The summed E-state index contributed by atoms with van der Waals surface area (Å²) in [5, 5.41) is 0.693. The van der Waals surface area contributed by atoms with Crippen molar-refractivity contribution in [3.8, 4) is 0 Å². The number of rotatable bonds is 2. The van der Waals surface area contributed by atoms with E-state index in [9.17, 15) is 4.79 Å². The molecule has 3 nitrogen and oxygen atoms in total. The molecule has 0 fully saturated rings. The molecule has 0 N–H and O–H groups in total. The van der Waals surface area contributed by atoms with Crippen LogP contribution in [-0.4, -0.2) is 15.8 Å². The molecule has 1 aromatic carbocycles. The van der Waals surface area contributed by atoms with Crippen molar-refractivity contribution in [2.75, 3.05) is 0 Å². The topological polar surface area (TPSA) is 33.2 Å². The van der Waals surface area contributed by atoms with Crippen LogP contribution in [0.1, 0.15) is 21.5 Å². The smallest absolute Gasteiger partial charge is 0.256 e. The first-order chi connectivity index (χ1) is 8.74. The van der Waals surface area contributed by atoms with Crippen LogP contribution in [0, 0.1) is 0 Å². The average Bonchev–Trinajstić information content (AvgIpc) is 2.67. The number of carbonyl (C=O) groups is 1. The summed E-state index contributed by atoms with van der Waals surface area (Å²) in [6, 6.07) is 9.48. The number of amides is 1. The Kier molecular flexibility index (Phi) is 2.76. The molecule has 3 rings (SSSR count). The standard InChI is InChI=1S/C14H11ClN2O/c15-12-3-1-2-10(6-12)8-17-9-11-4-5-16-7-13(11)14(17)18/h1-7H,8-9H2.